The summed E-state index contributed by atoms with van der Waals surface area (Å²) in [6.45, 7) is 7.91. The van der Waals surface area contributed by atoms with Crippen LogP contribution in [0.2, 0.25) is 0 Å². The van der Waals surface area contributed by atoms with Crippen molar-refractivity contribution in [2.45, 2.75) is 58.7 Å². The molecule has 0 spiro atoms. The number of amides is 1. The van der Waals surface area contributed by atoms with Crippen LogP contribution in [0.15, 0.2) is 29.3 Å². The van der Waals surface area contributed by atoms with Gasteiger partial charge in [0.05, 0.1) is 6.10 Å². The predicted octanol–water partition coefficient (Wildman–Crippen LogP) is 3.31. The molecule has 6 nitrogen and oxygen atoms in total. The highest BCUT2D eigenvalue weighted by molar-refractivity contribution is 14.0. The number of guanidine groups is 1. The summed E-state index contributed by atoms with van der Waals surface area (Å²) >= 11 is 0. The van der Waals surface area contributed by atoms with Crippen LogP contribution in [-0.2, 0) is 11.3 Å². The van der Waals surface area contributed by atoms with E-state index in [1.807, 2.05) is 24.3 Å². The summed E-state index contributed by atoms with van der Waals surface area (Å²) in [4.78, 5) is 16.2. The fraction of sp³-hybridized carbons (Fsp3) is 0.619. The van der Waals surface area contributed by atoms with Crippen molar-refractivity contribution in [2.75, 3.05) is 20.7 Å². The second kappa shape index (κ2) is 11.6. The molecule has 1 aliphatic rings. The molecule has 2 unspecified atom stereocenters. The van der Waals surface area contributed by atoms with Crippen LogP contribution in [0.4, 0.5) is 0 Å². The van der Waals surface area contributed by atoms with Crippen molar-refractivity contribution in [3.63, 3.8) is 0 Å². The van der Waals surface area contributed by atoms with Crippen molar-refractivity contribution in [3.05, 3.63) is 35.4 Å². The van der Waals surface area contributed by atoms with E-state index in [1.54, 1.807) is 14.1 Å². The Balaban J connectivity index is 0.00000392. The normalized spacial score (nSPS) is 20.5. The molecule has 1 aliphatic carbocycles. The van der Waals surface area contributed by atoms with Crippen molar-refractivity contribution in [3.8, 4) is 0 Å². The number of carbonyl (C=O) groups is 1. The Morgan fingerprint density at radius 3 is 2.57 bits per heavy atom. The minimum absolute atomic E-state index is 0. The fourth-order valence-corrected chi connectivity index (χ4v) is 4.10. The van der Waals surface area contributed by atoms with Gasteiger partial charge in [-0.1, -0.05) is 26.0 Å². The molecule has 1 aromatic rings. The molecular weight excluding hydrogens is 467 g/mol. The van der Waals surface area contributed by atoms with Gasteiger partial charge in [-0.25, -0.2) is 0 Å². The standard InChI is InChI=1S/C21H34N4O2.HI/c1-6-21(7-2)17(13-18(21)27-8-3)25-20(23-5)24-14-15-10-9-11-16(12-15)19(26)22-4;/h9-12,17-18H,6-8,13-14H2,1-5H3,(H,22,26)(H2,23,24,25);1H. The fourth-order valence-electron chi connectivity index (χ4n) is 4.10. The van der Waals surface area contributed by atoms with Gasteiger partial charge in [-0.15, -0.1) is 24.0 Å². The van der Waals surface area contributed by atoms with Gasteiger partial charge in [0.1, 0.15) is 0 Å². The number of benzene rings is 1. The molecule has 0 heterocycles. The minimum atomic E-state index is -0.0773. The van der Waals surface area contributed by atoms with Gasteiger partial charge in [0.15, 0.2) is 5.96 Å². The number of carbonyl (C=O) groups excluding carboxylic acids is 1. The number of rotatable bonds is 8. The lowest BCUT2D eigenvalue weighted by Crippen LogP contribution is -2.65. The number of nitrogens with zero attached hydrogens (tertiary/aromatic N) is 1. The van der Waals surface area contributed by atoms with E-state index in [1.165, 1.54) is 0 Å². The molecule has 0 aliphatic heterocycles. The Morgan fingerprint density at radius 2 is 2.00 bits per heavy atom. The van der Waals surface area contributed by atoms with Crippen LogP contribution >= 0.6 is 24.0 Å². The number of hydrogen-bond donors (Lipinski definition) is 3. The van der Waals surface area contributed by atoms with Crippen molar-refractivity contribution in [2.24, 2.45) is 10.4 Å². The number of hydrogen-bond acceptors (Lipinski definition) is 3. The number of halogens is 1. The van der Waals surface area contributed by atoms with Gasteiger partial charge in [0, 0.05) is 44.3 Å². The number of ether oxygens (including phenoxy) is 1. The van der Waals surface area contributed by atoms with Crippen LogP contribution in [0.25, 0.3) is 0 Å². The molecule has 0 bridgehead atoms. The molecule has 3 N–H and O–H groups in total. The molecule has 0 radical (unpaired) electrons. The summed E-state index contributed by atoms with van der Waals surface area (Å²) in [5, 5.41) is 9.61. The van der Waals surface area contributed by atoms with Gasteiger partial charge in [0.25, 0.3) is 5.91 Å². The Hall–Kier alpha value is -1.35. The highest BCUT2D eigenvalue weighted by Gasteiger charge is 2.53. The monoisotopic (exact) mass is 502 g/mol. The molecule has 1 saturated carbocycles. The van der Waals surface area contributed by atoms with E-state index >= 15 is 0 Å². The zero-order valence-electron chi connectivity index (χ0n) is 17.7. The first kappa shape index (κ1) is 24.7. The van der Waals surface area contributed by atoms with E-state index in [4.69, 9.17) is 4.74 Å². The topological polar surface area (TPSA) is 74.8 Å². The number of aliphatic imine (C=N–C) groups is 1. The van der Waals surface area contributed by atoms with Crippen molar-refractivity contribution in [1.82, 2.24) is 16.0 Å². The summed E-state index contributed by atoms with van der Waals surface area (Å²) in [6, 6.07) is 7.97. The summed E-state index contributed by atoms with van der Waals surface area (Å²) in [5.41, 5.74) is 1.86. The maximum Gasteiger partial charge on any atom is 0.251 e. The lowest BCUT2D eigenvalue weighted by Gasteiger charge is -2.55. The Morgan fingerprint density at radius 1 is 1.29 bits per heavy atom. The molecule has 158 valence electrons. The molecule has 1 fully saturated rings. The zero-order valence-corrected chi connectivity index (χ0v) is 20.0. The van der Waals surface area contributed by atoms with E-state index in [0.29, 0.717) is 24.3 Å². The lowest BCUT2D eigenvalue weighted by molar-refractivity contribution is -0.133. The molecule has 1 aromatic carbocycles. The van der Waals surface area contributed by atoms with Gasteiger partial charge in [0.2, 0.25) is 0 Å². The molecule has 2 atom stereocenters. The maximum absolute atomic E-state index is 11.8. The average Bonchev–Trinajstić information content (AvgIpc) is 2.70. The molecule has 7 heteroatoms. The summed E-state index contributed by atoms with van der Waals surface area (Å²) < 4.78 is 5.96. The van der Waals surface area contributed by atoms with Crippen LogP contribution in [0.5, 0.6) is 0 Å². The second-order valence-corrected chi connectivity index (χ2v) is 7.02. The van der Waals surface area contributed by atoms with Crippen molar-refractivity contribution >= 4 is 35.8 Å². The van der Waals surface area contributed by atoms with E-state index in [-0.39, 0.29) is 35.3 Å². The van der Waals surface area contributed by atoms with E-state index in [2.05, 4.69) is 41.7 Å². The van der Waals surface area contributed by atoms with Gasteiger partial charge < -0.3 is 20.7 Å². The molecule has 28 heavy (non-hydrogen) atoms. The van der Waals surface area contributed by atoms with Crippen LogP contribution in [0, 0.1) is 5.41 Å². The molecule has 0 saturated heterocycles. The predicted molar refractivity (Wildman–Crippen MR) is 125 cm³/mol. The van der Waals surface area contributed by atoms with Crippen LogP contribution in [0.3, 0.4) is 0 Å². The summed E-state index contributed by atoms with van der Waals surface area (Å²) in [6.07, 6.45) is 3.48. The first-order chi connectivity index (χ1) is 13.0. The van der Waals surface area contributed by atoms with E-state index in [9.17, 15) is 4.79 Å². The third-order valence-corrected chi connectivity index (χ3v) is 5.88. The first-order valence-electron chi connectivity index (χ1n) is 9.94. The third-order valence-electron chi connectivity index (χ3n) is 5.88. The highest BCUT2D eigenvalue weighted by atomic mass is 127. The van der Waals surface area contributed by atoms with Gasteiger partial charge in [-0.2, -0.15) is 0 Å². The van der Waals surface area contributed by atoms with Crippen LogP contribution in [0.1, 0.15) is 56.0 Å². The van der Waals surface area contributed by atoms with Gasteiger partial charge in [-0.3, -0.25) is 9.79 Å². The molecule has 1 amide bonds. The zero-order chi connectivity index (χ0) is 19.9. The maximum atomic E-state index is 11.8. The molecule has 2 rings (SSSR count). The first-order valence-corrected chi connectivity index (χ1v) is 9.94. The van der Waals surface area contributed by atoms with Crippen LogP contribution < -0.4 is 16.0 Å². The lowest BCUT2D eigenvalue weighted by atomic mass is 9.58. The summed E-state index contributed by atoms with van der Waals surface area (Å²) in [5.74, 6) is 0.707. The smallest absolute Gasteiger partial charge is 0.251 e. The van der Waals surface area contributed by atoms with Crippen molar-refractivity contribution < 1.29 is 9.53 Å². The third kappa shape index (κ3) is 5.37. The molecular formula is C21H35IN4O2. The average molecular weight is 502 g/mol. The largest absolute Gasteiger partial charge is 0.378 e. The number of nitrogens with one attached hydrogen (secondary N) is 3. The van der Waals surface area contributed by atoms with E-state index < -0.39 is 0 Å². The second-order valence-electron chi connectivity index (χ2n) is 7.02. The Kier molecular flexibility index (Phi) is 10.2. The quantitative estimate of drug-likeness (QED) is 0.290. The van der Waals surface area contributed by atoms with Crippen LogP contribution in [-0.4, -0.2) is 44.7 Å². The molecule has 0 aromatic heterocycles. The van der Waals surface area contributed by atoms with Gasteiger partial charge >= 0.3 is 0 Å². The summed E-state index contributed by atoms with van der Waals surface area (Å²) in [7, 11) is 3.43. The highest BCUT2D eigenvalue weighted by Crippen LogP contribution is 2.48. The van der Waals surface area contributed by atoms with E-state index in [0.717, 1.165) is 37.4 Å². The Labute approximate surface area is 186 Å². The van der Waals surface area contributed by atoms with Gasteiger partial charge in [-0.05, 0) is 43.9 Å². The SMILES string of the molecule is CCOC1CC(NC(=NC)NCc2cccc(C(=O)NC)c2)C1(CC)CC.I. The van der Waals surface area contributed by atoms with Crippen molar-refractivity contribution in [1.29, 1.82) is 0 Å². The Bertz CT molecular complexity index is 662. The minimum Gasteiger partial charge on any atom is -0.378 e.